The van der Waals surface area contributed by atoms with Gasteiger partial charge in [0, 0.05) is 25.0 Å². The minimum Gasteiger partial charge on any atom is -0.469 e. The maximum absolute atomic E-state index is 12.4. The van der Waals surface area contributed by atoms with Crippen LogP contribution in [-0.4, -0.2) is 48.4 Å². The zero-order valence-corrected chi connectivity index (χ0v) is 13.5. The van der Waals surface area contributed by atoms with Crippen LogP contribution in [0.1, 0.15) is 5.56 Å². The number of aliphatic hydroxyl groups excluding tert-OH is 1. The Balaban J connectivity index is 1.69. The standard InChI is InChI=1S/C18H21NO5/c1-23-17(21)16-13-7-8-15(14(16)10-20)19(9-13)18(22)24-11-12-5-3-2-4-6-12/h2-8,13-16,20H,9-11H2,1H3. The Morgan fingerprint density at radius 1 is 1.25 bits per heavy atom. The van der Waals surface area contributed by atoms with E-state index in [-0.39, 0.29) is 37.1 Å². The van der Waals surface area contributed by atoms with Crippen LogP contribution in [0.25, 0.3) is 0 Å². The number of aliphatic hydroxyl groups is 1. The van der Waals surface area contributed by atoms with Crippen LogP contribution in [0, 0.1) is 17.8 Å². The van der Waals surface area contributed by atoms with E-state index in [1.54, 1.807) is 4.90 Å². The van der Waals surface area contributed by atoms with Gasteiger partial charge in [-0.3, -0.25) is 4.79 Å². The summed E-state index contributed by atoms with van der Waals surface area (Å²) in [6.07, 6.45) is 3.37. The number of ether oxygens (including phenoxy) is 2. The molecule has 1 N–H and O–H groups in total. The summed E-state index contributed by atoms with van der Waals surface area (Å²) in [6.45, 7) is 0.403. The first-order valence-corrected chi connectivity index (χ1v) is 8.00. The summed E-state index contributed by atoms with van der Waals surface area (Å²) in [4.78, 5) is 26.0. The Morgan fingerprint density at radius 3 is 2.67 bits per heavy atom. The second-order valence-corrected chi connectivity index (χ2v) is 6.13. The van der Waals surface area contributed by atoms with E-state index in [0.717, 1.165) is 5.56 Å². The maximum Gasteiger partial charge on any atom is 0.410 e. The topological polar surface area (TPSA) is 76.1 Å². The van der Waals surface area contributed by atoms with Gasteiger partial charge in [0.2, 0.25) is 0 Å². The van der Waals surface area contributed by atoms with E-state index in [4.69, 9.17) is 9.47 Å². The molecule has 1 saturated heterocycles. The van der Waals surface area contributed by atoms with Gasteiger partial charge in [-0.1, -0.05) is 42.5 Å². The summed E-state index contributed by atoms with van der Waals surface area (Å²) in [5, 5.41) is 9.71. The number of piperidine rings is 1. The van der Waals surface area contributed by atoms with Crippen molar-refractivity contribution in [3.05, 3.63) is 48.0 Å². The molecule has 24 heavy (non-hydrogen) atoms. The molecule has 0 radical (unpaired) electrons. The molecule has 1 aliphatic carbocycles. The Morgan fingerprint density at radius 2 is 2.00 bits per heavy atom. The van der Waals surface area contributed by atoms with Crippen molar-refractivity contribution in [3.8, 4) is 0 Å². The van der Waals surface area contributed by atoms with E-state index < -0.39 is 12.0 Å². The smallest absolute Gasteiger partial charge is 0.410 e. The average molecular weight is 331 g/mol. The quantitative estimate of drug-likeness (QED) is 0.670. The number of fused-ring (bicyclic) bond motifs is 2. The third kappa shape index (κ3) is 3.01. The minimum absolute atomic E-state index is 0.163. The molecule has 4 rings (SSSR count). The lowest BCUT2D eigenvalue weighted by Crippen LogP contribution is -2.59. The Bertz CT molecular complexity index is 630. The van der Waals surface area contributed by atoms with E-state index >= 15 is 0 Å². The fraction of sp³-hybridized carbons (Fsp3) is 0.444. The number of rotatable bonds is 4. The fourth-order valence-corrected chi connectivity index (χ4v) is 3.61. The van der Waals surface area contributed by atoms with Crippen LogP contribution in [0.5, 0.6) is 0 Å². The van der Waals surface area contributed by atoms with Crippen molar-refractivity contribution in [2.75, 3.05) is 20.3 Å². The third-order valence-corrected chi connectivity index (χ3v) is 4.81. The molecule has 2 heterocycles. The van der Waals surface area contributed by atoms with Gasteiger partial charge in [-0.25, -0.2) is 4.79 Å². The van der Waals surface area contributed by atoms with E-state index in [1.165, 1.54) is 7.11 Å². The molecule has 6 heteroatoms. The van der Waals surface area contributed by atoms with Gasteiger partial charge in [-0.05, 0) is 5.56 Å². The fourth-order valence-electron chi connectivity index (χ4n) is 3.61. The highest BCUT2D eigenvalue weighted by atomic mass is 16.6. The molecule has 0 spiro atoms. The van der Waals surface area contributed by atoms with Gasteiger partial charge in [0.25, 0.3) is 0 Å². The number of carbonyl (C=O) groups is 2. The van der Waals surface area contributed by atoms with Crippen molar-refractivity contribution in [1.82, 2.24) is 4.90 Å². The summed E-state index contributed by atoms with van der Waals surface area (Å²) in [5.41, 5.74) is 0.912. The van der Waals surface area contributed by atoms with Crippen molar-refractivity contribution < 1.29 is 24.2 Å². The molecular weight excluding hydrogens is 310 g/mol. The van der Waals surface area contributed by atoms with Crippen molar-refractivity contribution >= 4 is 12.1 Å². The molecule has 2 aliphatic heterocycles. The van der Waals surface area contributed by atoms with Gasteiger partial charge in [-0.2, -0.15) is 0 Å². The number of hydrogen-bond donors (Lipinski definition) is 1. The highest BCUT2D eigenvalue weighted by Crippen LogP contribution is 2.40. The number of esters is 1. The average Bonchev–Trinajstić information content (AvgIpc) is 2.65. The molecule has 3 aliphatic rings. The van der Waals surface area contributed by atoms with E-state index in [2.05, 4.69) is 0 Å². The van der Waals surface area contributed by atoms with Gasteiger partial charge in [0.05, 0.1) is 19.1 Å². The number of hydrogen-bond acceptors (Lipinski definition) is 5. The van der Waals surface area contributed by atoms with E-state index in [0.29, 0.717) is 6.54 Å². The summed E-state index contributed by atoms with van der Waals surface area (Å²) in [6, 6.07) is 9.10. The van der Waals surface area contributed by atoms with Crippen LogP contribution in [-0.2, 0) is 20.9 Å². The number of carbonyl (C=O) groups excluding carboxylic acids is 2. The minimum atomic E-state index is -0.431. The van der Waals surface area contributed by atoms with Crippen LogP contribution in [0.15, 0.2) is 42.5 Å². The van der Waals surface area contributed by atoms with Crippen LogP contribution in [0.3, 0.4) is 0 Å². The number of nitrogens with zero attached hydrogens (tertiary/aromatic N) is 1. The monoisotopic (exact) mass is 331 g/mol. The normalized spacial score (nSPS) is 27.8. The molecule has 1 amide bonds. The molecule has 128 valence electrons. The summed E-state index contributed by atoms with van der Waals surface area (Å²) >= 11 is 0. The highest BCUT2D eigenvalue weighted by Gasteiger charge is 2.50. The highest BCUT2D eigenvalue weighted by molar-refractivity contribution is 5.76. The Labute approximate surface area is 140 Å². The molecule has 1 aromatic rings. The zero-order valence-electron chi connectivity index (χ0n) is 13.5. The largest absolute Gasteiger partial charge is 0.469 e. The first-order valence-electron chi connectivity index (χ1n) is 8.00. The second kappa shape index (κ2) is 7.05. The number of amides is 1. The summed E-state index contributed by atoms with van der Waals surface area (Å²) in [5.74, 6) is -1.30. The van der Waals surface area contributed by atoms with Crippen LogP contribution in [0.4, 0.5) is 4.79 Å². The number of benzene rings is 1. The second-order valence-electron chi connectivity index (χ2n) is 6.13. The first-order chi connectivity index (χ1) is 11.7. The molecule has 4 unspecified atom stereocenters. The lowest BCUT2D eigenvalue weighted by Gasteiger charge is -2.48. The predicted molar refractivity (Wildman–Crippen MR) is 85.8 cm³/mol. The van der Waals surface area contributed by atoms with Crippen molar-refractivity contribution in [2.24, 2.45) is 17.8 Å². The lowest BCUT2D eigenvalue weighted by molar-refractivity contribution is -0.154. The van der Waals surface area contributed by atoms with Gasteiger partial charge >= 0.3 is 12.1 Å². The first kappa shape index (κ1) is 16.5. The molecule has 0 saturated carbocycles. The van der Waals surface area contributed by atoms with Gasteiger partial charge in [-0.15, -0.1) is 0 Å². The Kier molecular flexibility index (Phi) is 4.85. The molecule has 1 fully saturated rings. The van der Waals surface area contributed by atoms with Gasteiger partial charge in [0.15, 0.2) is 0 Å². The molecular formula is C18H21NO5. The number of methoxy groups -OCH3 is 1. The molecule has 6 nitrogen and oxygen atoms in total. The van der Waals surface area contributed by atoms with Crippen molar-refractivity contribution in [3.63, 3.8) is 0 Å². The van der Waals surface area contributed by atoms with Gasteiger partial charge in [0.1, 0.15) is 6.61 Å². The van der Waals surface area contributed by atoms with Gasteiger partial charge < -0.3 is 19.5 Å². The van der Waals surface area contributed by atoms with E-state index in [1.807, 2.05) is 42.5 Å². The molecule has 4 atom stereocenters. The lowest BCUT2D eigenvalue weighted by atomic mass is 9.69. The van der Waals surface area contributed by atoms with Crippen LogP contribution in [0.2, 0.25) is 0 Å². The zero-order chi connectivity index (χ0) is 17.1. The Hall–Kier alpha value is -2.34. The molecule has 2 bridgehead atoms. The maximum atomic E-state index is 12.4. The van der Waals surface area contributed by atoms with E-state index in [9.17, 15) is 14.7 Å². The van der Waals surface area contributed by atoms with Crippen molar-refractivity contribution in [2.45, 2.75) is 12.6 Å². The third-order valence-electron chi connectivity index (χ3n) is 4.81. The van der Waals surface area contributed by atoms with Crippen LogP contribution < -0.4 is 0 Å². The van der Waals surface area contributed by atoms with Crippen molar-refractivity contribution in [1.29, 1.82) is 0 Å². The van der Waals surface area contributed by atoms with Crippen LogP contribution >= 0.6 is 0 Å². The SMILES string of the molecule is COC(=O)C1C2C=CC(C1CO)N(C(=O)OCc1ccccc1)C2. The summed E-state index contributed by atoms with van der Waals surface area (Å²) in [7, 11) is 1.34. The molecule has 0 aromatic heterocycles. The summed E-state index contributed by atoms with van der Waals surface area (Å²) < 4.78 is 10.2. The molecule has 1 aromatic carbocycles. The predicted octanol–water partition coefficient (Wildman–Crippen LogP) is 1.59.